The fourth-order valence-corrected chi connectivity index (χ4v) is 1.40. The zero-order chi connectivity index (χ0) is 10.4. The number of aromatic nitrogens is 2. The van der Waals surface area contributed by atoms with E-state index in [4.69, 9.17) is 0 Å². The van der Waals surface area contributed by atoms with Crippen molar-refractivity contribution in [2.45, 2.75) is 18.7 Å². The molecule has 0 radical (unpaired) electrons. The Balaban J connectivity index is 2.08. The topological polar surface area (TPSA) is 46.9 Å². The van der Waals surface area contributed by atoms with Crippen LogP contribution < -0.4 is 5.32 Å². The molecule has 0 aromatic carbocycles. The largest absolute Gasteiger partial charge is 0.314 e. The van der Waals surface area contributed by atoms with E-state index < -0.39 is 10.8 Å². The Hall–Kier alpha value is -0.680. The molecule has 0 aliphatic rings. The Bertz CT molecular complexity index is 274. The van der Waals surface area contributed by atoms with Crippen LogP contribution in [0, 0.1) is 0 Å². The van der Waals surface area contributed by atoms with Gasteiger partial charge >= 0.3 is 0 Å². The van der Waals surface area contributed by atoms with Gasteiger partial charge in [0.15, 0.2) is 0 Å². The molecule has 0 saturated heterocycles. The van der Waals surface area contributed by atoms with E-state index in [1.807, 2.05) is 23.9 Å². The number of hydrogen-bond donors (Lipinski definition) is 1. The van der Waals surface area contributed by atoms with E-state index in [0.29, 0.717) is 0 Å². The fraction of sp³-hybridized carbons (Fsp3) is 0.667. The third kappa shape index (κ3) is 4.02. The first kappa shape index (κ1) is 11.4. The highest BCUT2D eigenvalue weighted by atomic mass is 32.2. The second-order valence-corrected chi connectivity index (χ2v) is 5.08. The molecule has 14 heavy (non-hydrogen) atoms. The molecule has 1 heterocycles. The van der Waals surface area contributed by atoms with Gasteiger partial charge in [-0.15, -0.1) is 0 Å². The number of rotatable bonds is 6. The summed E-state index contributed by atoms with van der Waals surface area (Å²) in [6, 6.07) is 1.91. The molecular formula is C9H17N3OS. The zero-order valence-corrected chi connectivity index (χ0v) is 9.46. The summed E-state index contributed by atoms with van der Waals surface area (Å²) in [7, 11) is -0.735. The second-order valence-electron chi connectivity index (χ2n) is 3.28. The van der Waals surface area contributed by atoms with E-state index in [-0.39, 0.29) is 5.25 Å². The molecule has 0 saturated carbocycles. The summed E-state index contributed by atoms with van der Waals surface area (Å²) >= 11 is 0. The van der Waals surface area contributed by atoms with Crippen molar-refractivity contribution >= 4 is 10.8 Å². The van der Waals surface area contributed by atoms with E-state index in [1.54, 1.807) is 12.5 Å². The van der Waals surface area contributed by atoms with Gasteiger partial charge in [-0.2, -0.15) is 5.10 Å². The molecule has 0 fully saturated rings. The highest BCUT2D eigenvalue weighted by Gasteiger charge is 2.04. The minimum Gasteiger partial charge on any atom is -0.314 e. The van der Waals surface area contributed by atoms with Crippen LogP contribution in [0.25, 0.3) is 0 Å². The van der Waals surface area contributed by atoms with Gasteiger partial charge in [0.25, 0.3) is 0 Å². The molecule has 1 N–H and O–H groups in total. The van der Waals surface area contributed by atoms with Gasteiger partial charge in [-0.25, -0.2) is 0 Å². The second kappa shape index (κ2) is 5.93. The van der Waals surface area contributed by atoms with Crippen LogP contribution in [0.4, 0.5) is 0 Å². The lowest BCUT2D eigenvalue weighted by molar-refractivity contribution is 0.553. The molecule has 4 nitrogen and oxygen atoms in total. The first-order valence-electron chi connectivity index (χ1n) is 4.70. The van der Waals surface area contributed by atoms with Crippen molar-refractivity contribution in [2.75, 3.05) is 19.3 Å². The van der Waals surface area contributed by atoms with Crippen molar-refractivity contribution in [2.24, 2.45) is 0 Å². The minimum atomic E-state index is -0.735. The van der Waals surface area contributed by atoms with Gasteiger partial charge in [-0.05, 0) is 13.0 Å². The summed E-state index contributed by atoms with van der Waals surface area (Å²) in [6.45, 7) is 4.50. The predicted molar refractivity (Wildman–Crippen MR) is 58.6 cm³/mol. The molecule has 1 aromatic heterocycles. The van der Waals surface area contributed by atoms with Crippen LogP contribution in [0.3, 0.4) is 0 Å². The zero-order valence-electron chi connectivity index (χ0n) is 8.64. The Kier molecular flexibility index (Phi) is 4.82. The molecule has 80 valence electrons. The minimum absolute atomic E-state index is 0.215. The van der Waals surface area contributed by atoms with Crippen LogP contribution in [0.2, 0.25) is 0 Å². The fourth-order valence-electron chi connectivity index (χ4n) is 1.05. The first-order chi connectivity index (χ1) is 6.70. The Morgan fingerprint density at radius 1 is 1.64 bits per heavy atom. The van der Waals surface area contributed by atoms with Crippen LogP contribution in [-0.2, 0) is 17.3 Å². The van der Waals surface area contributed by atoms with Crippen molar-refractivity contribution in [1.29, 1.82) is 0 Å². The molecule has 0 amide bonds. The van der Waals surface area contributed by atoms with Gasteiger partial charge in [-0.3, -0.25) is 8.89 Å². The Labute approximate surface area is 87.2 Å². The van der Waals surface area contributed by atoms with Crippen LogP contribution >= 0.6 is 0 Å². The van der Waals surface area contributed by atoms with Crippen molar-refractivity contribution in [3.63, 3.8) is 0 Å². The van der Waals surface area contributed by atoms with E-state index >= 15 is 0 Å². The van der Waals surface area contributed by atoms with Crippen molar-refractivity contribution < 1.29 is 4.21 Å². The summed E-state index contributed by atoms with van der Waals surface area (Å²) in [5.74, 6) is 0. The van der Waals surface area contributed by atoms with Gasteiger partial charge in [0.2, 0.25) is 0 Å². The lowest BCUT2D eigenvalue weighted by atomic mass is 10.4. The molecule has 1 aromatic rings. The van der Waals surface area contributed by atoms with E-state index in [0.717, 1.165) is 19.6 Å². The molecule has 5 heteroatoms. The first-order valence-corrected chi connectivity index (χ1v) is 6.32. The van der Waals surface area contributed by atoms with E-state index in [9.17, 15) is 4.21 Å². The molecule has 0 aliphatic carbocycles. The molecule has 0 aliphatic heterocycles. The van der Waals surface area contributed by atoms with E-state index in [2.05, 4.69) is 10.4 Å². The average Bonchev–Trinajstić information content (AvgIpc) is 2.64. The number of nitrogens with zero attached hydrogens (tertiary/aromatic N) is 2. The van der Waals surface area contributed by atoms with Gasteiger partial charge in [0.05, 0.1) is 6.54 Å². The third-order valence-corrected chi connectivity index (χ3v) is 3.38. The molecule has 0 bridgehead atoms. The van der Waals surface area contributed by atoms with Gasteiger partial charge in [-0.1, -0.05) is 0 Å². The Morgan fingerprint density at radius 2 is 2.43 bits per heavy atom. The summed E-state index contributed by atoms with van der Waals surface area (Å²) in [4.78, 5) is 0. The molecule has 2 unspecified atom stereocenters. The predicted octanol–water partition coefficient (Wildman–Crippen LogP) is 0.240. The third-order valence-electron chi connectivity index (χ3n) is 2.08. The maximum atomic E-state index is 11.0. The maximum absolute atomic E-state index is 11.0. The number of hydrogen-bond acceptors (Lipinski definition) is 3. The lowest BCUT2D eigenvalue weighted by Crippen LogP contribution is -2.30. The lowest BCUT2D eigenvalue weighted by Gasteiger charge is -2.09. The summed E-state index contributed by atoms with van der Waals surface area (Å²) < 4.78 is 12.9. The molecule has 1 rings (SSSR count). The van der Waals surface area contributed by atoms with Crippen molar-refractivity contribution in [1.82, 2.24) is 15.1 Å². The van der Waals surface area contributed by atoms with Crippen LogP contribution in [0.5, 0.6) is 0 Å². The van der Waals surface area contributed by atoms with Crippen LogP contribution in [0.1, 0.15) is 6.92 Å². The summed E-state index contributed by atoms with van der Waals surface area (Å²) in [5.41, 5.74) is 0. The van der Waals surface area contributed by atoms with Gasteiger partial charge in [0.1, 0.15) is 0 Å². The summed E-state index contributed by atoms with van der Waals surface area (Å²) in [5, 5.41) is 7.55. The van der Waals surface area contributed by atoms with Crippen molar-refractivity contribution in [3.05, 3.63) is 18.5 Å². The highest BCUT2D eigenvalue weighted by molar-refractivity contribution is 7.84. The SMILES string of the molecule is CC(CNCCn1cccn1)S(C)=O. The molecule has 0 spiro atoms. The summed E-state index contributed by atoms with van der Waals surface area (Å²) in [6.07, 6.45) is 5.44. The van der Waals surface area contributed by atoms with Crippen LogP contribution in [0.15, 0.2) is 18.5 Å². The van der Waals surface area contributed by atoms with Gasteiger partial charge < -0.3 is 5.32 Å². The van der Waals surface area contributed by atoms with Gasteiger partial charge in [0, 0.05) is 47.8 Å². The standard InChI is InChI=1S/C9H17N3OS/c1-9(14(2)13)8-10-5-7-12-6-3-4-11-12/h3-4,6,9-10H,5,7-8H2,1-2H3. The molecular weight excluding hydrogens is 198 g/mol. The highest BCUT2D eigenvalue weighted by Crippen LogP contribution is 1.89. The average molecular weight is 215 g/mol. The monoisotopic (exact) mass is 215 g/mol. The quantitative estimate of drug-likeness (QED) is 0.692. The van der Waals surface area contributed by atoms with E-state index in [1.165, 1.54) is 0 Å². The maximum Gasteiger partial charge on any atom is 0.0533 e. The Morgan fingerprint density at radius 3 is 3.00 bits per heavy atom. The number of nitrogens with one attached hydrogen (secondary N) is 1. The normalized spacial score (nSPS) is 15.3. The van der Waals surface area contributed by atoms with Crippen molar-refractivity contribution in [3.8, 4) is 0 Å². The smallest absolute Gasteiger partial charge is 0.0533 e. The molecule has 2 atom stereocenters. The van der Waals surface area contributed by atoms with Crippen LogP contribution in [-0.4, -0.2) is 38.6 Å².